The number of rotatable bonds is 6. The molecule has 0 bridgehead atoms. The second-order valence-electron chi connectivity index (χ2n) is 4.36. The van der Waals surface area contributed by atoms with Crippen molar-refractivity contribution in [1.82, 2.24) is 5.32 Å². The van der Waals surface area contributed by atoms with Gasteiger partial charge in [-0.15, -0.1) is 0 Å². The molecule has 0 aromatic heterocycles. The van der Waals surface area contributed by atoms with Crippen LogP contribution in [0.1, 0.15) is 31.4 Å². The Balaban J connectivity index is 2.29. The van der Waals surface area contributed by atoms with Crippen LogP contribution in [-0.4, -0.2) is 19.2 Å². The first-order chi connectivity index (χ1) is 7.63. The second-order valence-corrected chi connectivity index (χ2v) is 4.36. The highest BCUT2D eigenvalue weighted by molar-refractivity contribution is 5.33. The quantitative estimate of drug-likeness (QED) is 0.745. The molecule has 1 rings (SSSR count). The van der Waals surface area contributed by atoms with Gasteiger partial charge in [0.15, 0.2) is 0 Å². The van der Waals surface area contributed by atoms with Gasteiger partial charge in [0, 0.05) is 12.6 Å². The first-order valence-corrected chi connectivity index (χ1v) is 6.07. The molecule has 0 amide bonds. The number of ether oxygens (including phenoxy) is 1. The number of nitrogens with one attached hydrogen (secondary N) is 1. The SMILES string of the molecule is CC[C@H](C)NCCOc1ccc(C)c(C)c1. The molecule has 0 aliphatic rings. The Morgan fingerprint density at radius 2 is 2.00 bits per heavy atom. The molecular formula is C14H23NO. The van der Waals surface area contributed by atoms with E-state index in [4.69, 9.17) is 4.74 Å². The van der Waals surface area contributed by atoms with E-state index >= 15 is 0 Å². The molecule has 0 radical (unpaired) electrons. The lowest BCUT2D eigenvalue weighted by molar-refractivity contribution is 0.306. The molecular weight excluding hydrogens is 198 g/mol. The molecule has 0 aliphatic carbocycles. The Labute approximate surface area is 99.0 Å². The molecule has 0 saturated heterocycles. The molecule has 2 nitrogen and oxygen atoms in total. The Kier molecular flexibility index (Phi) is 5.33. The van der Waals surface area contributed by atoms with Crippen LogP contribution in [0.15, 0.2) is 18.2 Å². The fraction of sp³-hybridized carbons (Fsp3) is 0.571. The highest BCUT2D eigenvalue weighted by Crippen LogP contribution is 2.15. The lowest BCUT2D eigenvalue weighted by atomic mass is 10.1. The standard InChI is InChI=1S/C14H23NO/c1-5-13(4)15-8-9-16-14-7-6-11(2)12(3)10-14/h6-7,10,13,15H,5,8-9H2,1-4H3/t13-/m0/s1. The molecule has 0 unspecified atom stereocenters. The summed E-state index contributed by atoms with van der Waals surface area (Å²) >= 11 is 0. The summed E-state index contributed by atoms with van der Waals surface area (Å²) in [6, 6.07) is 6.81. The molecule has 0 aliphatic heterocycles. The Morgan fingerprint density at radius 1 is 1.25 bits per heavy atom. The van der Waals surface area contributed by atoms with Gasteiger partial charge in [-0.05, 0) is 50.5 Å². The van der Waals surface area contributed by atoms with Crippen LogP contribution < -0.4 is 10.1 Å². The Hall–Kier alpha value is -1.02. The largest absolute Gasteiger partial charge is 0.492 e. The van der Waals surface area contributed by atoms with E-state index in [1.165, 1.54) is 11.1 Å². The first-order valence-electron chi connectivity index (χ1n) is 6.07. The molecule has 90 valence electrons. The first kappa shape index (κ1) is 13.0. The molecule has 0 heterocycles. The van der Waals surface area contributed by atoms with Crippen molar-refractivity contribution in [3.05, 3.63) is 29.3 Å². The maximum Gasteiger partial charge on any atom is 0.119 e. The van der Waals surface area contributed by atoms with Crippen molar-refractivity contribution in [3.63, 3.8) is 0 Å². The molecule has 1 atom stereocenters. The maximum absolute atomic E-state index is 5.67. The summed E-state index contributed by atoms with van der Waals surface area (Å²) in [4.78, 5) is 0. The Bertz CT molecular complexity index is 323. The topological polar surface area (TPSA) is 21.3 Å². The van der Waals surface area contributed by atoms with Gasteiger partial charge in [0.1, 0.15) is 12.4 Å². The maximum atomic E-state index is 5.67. The van der Waals surface area contributed by atoms with Gasteiger partial charge in [-0.2, -0.15) is 0 Å². The zero-order valence-corrected chi connectivity index (χ0v) is 10.8. The average Bonchev–Trinajstić information content (AvgIpc) is 2.28. The van der Waals surface area contributed by atoms with Crippen molar-refractivity contribution in [3.8, 4) is 5.75 Å². The normalized spacial score (nSPS) is 12.5. The minimum Gasteiger partial charge on any atom is -0.492 e. The number of benzene rings is 1. The predicted molar refractivity (Wildman–Crippen MR) is 69.2 cm³/mol. The van der Waals surface area contributed by atoms with Gasteiger partial charge < -0.3 is 10.1 Å². The summed E-state index contributed by atoms with van der Waals surface area (Å²) < 4.78 is 5.67. The van der Waals surface area contributed by atoms with Crippen LogP contribution in [0.3, 0.4) is 0 Å². The number of aryl methyl sites for hydroxylation is 2. The van der Waals surface area contributed by atoms with E-state index < -0.39 is 0 Å². The molecule has 0 fully saturated rings. The van der Waals surface area contributed by atoms with Gasteiger partial charge >= 0.3 is 0 Å². The summed E-state index contributed by atoms with van der Waals surface area (Å²) in [6.45, 7) is 10.2. The van der Waals surface area contributed by atoms with Crippen molar-refractivity contribution in [2.45, 2.75) is 40.2 Å². The van der Waals surface area contributed by atoms with E-state index in [9.17, 15) is 0 Å². The Morgan fingerprint density at radius 3 is 2.62 bits per heavy atom. The summed E-state index contributed by atoms with van der Waals surface area (Å²) in [5.41, 5.74) is 2.59. The lowest BCUT2D eigenvalue weighted by Crippen LogP contribution is -2.29. The van der Waals surface area contributed by atoms with E-state index in [1.54, 1.807) is 0 Å². The van der Waals surface area contributed by atoms with E-state index in [0.717, 1.165) is 25.3 Å². The van der Waals surface area contributed by atoms with Crippen molar-refractivity contribution >= 4 is 0 Å². The monoisotopic (exact) mass is 221 g/mol. The van der Waals surface area contributed by atoms with E-state index in [1.807, 2.05) is 6.07 Å². The van der Waals surface area contributed by atoms with Gasteiger partial charge in [-0.3, -0.25) is 0 Å². The van der Waals surface area contributed by atoms with Crippen LogP contribution in [-0.2, 0) is 0 Å². The van der Waals surface area contributed by atoms with Crippen molar-refractivity contribution < 1.29 is 4.74 Å². The summed E-state index contributed by atoms with van der Waals surface area (Å²) in [5, 5.41) is 3.40. The smallest absolute Gasteiger partial charge is 0.119 e. The van der Waals surface area contributed by atoms with Crippen LogP contribution in [0, 0.1) is 13.8 Å². The summed E-state index contributed by atoms with van der Waals surface area (Å²) in [6.07, 6.45) is 1.16. The van der Waals surface area contributed by atoms with Gasteiger partial charge in [-0.25, -0.2) is 0 Å². The minimum atomic E-state index is 0.573. The van der Waals surface area contributed by atoms with Crippen LogP contribution in [0.2, 0.25) is 0 Å². The number of hydrogen-bond acceptors (Lipinski definition) is 2. The van der Waals surface area contributed by atoms with Crippen LogP contribution in [0.25, 0.3) is 0 Å². The highest BCUT2D eigenvalue weighted by atomic mass is 16.5. The highest BCUT2D eigenvalue weighted by Gasteiger charge is 1.98. The average molecular weight is 221 g/mol. The number of hydrogen-bond donors (Lipinski definition) is 1. The van der Waals surface area contributed by atoms with Gasteiger partial charge in [0.25, 0.3) is 0 Å². The third-order valence-electron chi connectivity index (χ3n) is 2.95. The van der Waals surface area contributed by atoms with Crippen molar-refractivity contribution in [2.24, 2.45) is 0 Å². The minimum absolute atomic E-state index is 0.573. The molecule has 1 N–H and O–H groups in total. The molecule has 16 heavy (non-hydrogen) atoms. The van der Waals surface area contributed by atoms with E-state index in [2.05, 4.69) is 45.1 Å². The zero-order chi connectivity index (χ0) is 12.0. The summed E-state index contributed by atoms with van der Waals surface area (Å²) in [5.74, 6) is 0.967. The lowest BCUT2D eigenvalue weighted by Gasteiger charge is -2.12. The van der Waals surface area contributed by atoms with Gasteiger partial charge in [-0.1, -0.05) is 13.0 Å². The van der Waals surface area contributed by atoms with E-state index in [-0.39, 0.29) is 0 Å². The van der Waals surface area contributed by atoms with Gasteiger partial charge in [0.05, 0.1) is 0 Å². The zero-order valence-electron chi connectivity index (χ0n) is 10.8. The van der Waals surface area contributed by atoms with Crippen LogP contribution in [0.5, 0.6) is 5.75 Å². The summed E-state index contributed by atoms with van der Waals surface area (Å²) in [7, 11) is 0. The van der Waals surface area contributed by atoms with Crippen molar-refractivity contribution in [1.29, 1.82) is 0 Å². The molecule has 1 aromatic carbocycles. The predicted octanol–water partition coefficient (Wildman–Crippen LogP) is 3.07. The van der Waals surface area contributed by atoms with Crippen LogP contribution in [0.4, 0.5) is 0 Å². The van der Waals surface area contributed by atoms with Crippen molar-refractivity contribution in [2.75, 3.05) is 13.2 Å². The van der Waals surface area contributed by atoms with Crippen LogP contribution >= 0.6 is 0 Å². The molecule has 0 saturated carbocycles. The molecule has 0 spiro atoms. The van der Waals surface area contributed by atoms with E-state index in [0.29, 0.717) is 6.04 Å². The third-order valence-corrected chi connectivity index (χ3v) is 2.95. The fourth-order valence-corrected chi connectivity index (χ4v) is 1.42. The third kappa shape index (κ3) is 4.23. The molecule has 2 heteroatoms. The second kappa shape index (κ2) is 6.54. The van der Waals surface area contributed by atoms with Gasteiger partial charge in [0.2, 0.25) is 0 Å². The molecule has 1 aromatic rings. The fourth-order valence-electron chi connectivity index (χ4n) is 1.42.